The van der Waals surface area contributed by atoms with E-state index in [2.05, 4.69) is 11.4 Å². The maximum absolute atomic E-state index is 12.2. The van der Waals surface area contributed by atoms with Crippen molar-refractivity contribution in [3.05, 3.63) is 55.9 Å². The van der Waals surface area contributed by atoms with Crippen LogP contribution in [0.1, 0.15) is 34.4 Å². The minimum atomic E-state index is -0.473. The van der Waals surface area contributed by atoms with Crippen LogP contribution in [0.25, 0.3) is 0 Å². The summed E-state index contributed by atoms with van der Waals surface area (Å²) in [7, 11) is 0. The third-order valence-corrected chi connectivity index (χ3v) is 5.26. The van der Waals surface area contributed by atoms with Crippen LogP contribution in [0.2, 0.25) is 0 Å². The number of non-ortho nitro benzene ring substituents is 1. The molecular weight excluding hydrogens is 326 g/mol. The third-order valence-electron chi connectivity index (χ3n) is 4.05. The highest BCUT2D eigenvalue weighted by molar-refractivity contribution is 7.16. The largest absolute Gasteiger partial charge is 0.316 e. The first-order valence-corrected chi connectivity index (χ1v) is 8.48. The van der Waals surface area contributed by atoms with E-state index in [1.165, 1.54) is 28.3 Å². The fraction of sp³-hybridized carbons (Fsp3) is 0.294. The first-order chi connectivity index (χ1) is 11.6. The molecule has 0 bridgehead atoms. The topological polar surface area (TPSA) is 96.0 Å². The van der Waals surface area contributed by atoms with Crippen LogP contribution < -0.4 is 5.32 Å². The van der Waals surface area contributed by atoms with E-state index >= 15 is 0 Å². The van der Waals surface area contributed by atoms with Gasteiger partial charge in [0.25, 0.3) is 5.69 Å². The van der Waals surface area contributed by atoms with Crippen molar-refractivity contribution in [1.82, 2.24) is 0 Å². The molecule has 2 aromatic rings. The van der Waals surface area contributed by atoms with E-state index in [0.29, 0.717) is 16.1 Å². The SMILES string of the molecule is N#Cc1c(NC(=O)Cc2ccc([N+](=O)[O-])cc2)sc2c1CCCC2. The summed E-state index contributed by atoms with van der Waals surface area (Å²) in [5.41, 5.74) is 2.36. The Bertz CT molecular complexity index is 834. The zero-order valence-electron chi connectivity index (χ0n) is 12.9. The van der Waals surface area contributed by atoms with Gasteiger partial charge in [0.1, 0.15) is 11.1 Å². The third kappa shape index (κ3) is 3.29. The molecule has 1 amide bonds. The van der Waals surface area contributed by atoms with Gasteiger partial charge in [0.15, 0.2) is 0 Å². The van der Waals surface area contributed by atoms with Gasteiger partial charge in [-0.05, 0) is 36.8 Å². The number of aryl methyl sites for hydroxylation is 1. The van der Waals surface area contributed by atoms with Gasteiger partial charge >= 0.3 is 0 Å². The molecule has 0 fully saturated rings. The van der Waals surface area contributed by atoms with Crippen molar-refractivity contribution >= 4 is 27.9 Å². The Hall–Kier alpha value is -2.72. The Morgan fingerprint density at radius 1 is 1.29 bits per heavy atom. The van der Waals surface area contributed by atoms with Gasteiger partial charge in [-0.3, -0.25) is 14.9 Å². The first-order valence-electron chi connectivity index (χ1n) is 7.66. The zero-order chi connectivity index (χ0) is 17.1. The van der Waals surface area contributed by atoms with Crippen molar-refractivity contribution in [2.45, 2.75) is 32.1 Å². The number of hydrogen-bond acceptors (Lipinski definition) is 5. The minimum absolute atomic E-state index is 0.00291. The molecule has 0 aliphatic heterocycles. The van der Waals surface area contributed by atoms with Crippen molar-refractivity contribution in [3.63, 3.8) is 0 Å². The predicted octanol–water partition coefficient (Wildman–Crippen LogP) is 3.59. The predicted molar refractivity (Wildman–Crippen MR) is 91.1 cm³/mol. The number of fused-ring (bicyclic) bond motifs is 1. The van der Waals surface area contributed by atoms with Crippen LogP contribution in [-0.4, -0.2) is 10.8 Å². The average molecular weight is 341 g/mol. The van der Waals surface area contributed by atoms with E-state index < -0.39 is 4.92 Å². The number of amides is 1. The second-order valence-electron chi connectivity index (χ2n) is 5.68. The molecule has 122 valence electrons. The second-order valence-corrected chi connectivity index (χ2v) is 6.78. The summed E-state index contributed by atoms with van der Waals surface area (Å²) in [5.74, 6) is -0.223. The Labute approximate surface area is 142 Å². The standard InChI is InChI=1S/C17H15N3O3S/c18-10-14-13-3-1-2-4-15(13)24-17(14)19-16(21)9-11-5-7-12(8-6-11)20(22)23/h5-8H,1-4,9H2,(H,19,21). The van der Waals surface area contributed by atoms with Gasteiger partial charge in [-0.25, -0.2) is 0 Å². The number of nitrogens with zero attached hydrogens (tertiary/aromatic N) is 2. The lowest BCUT2D eigenvalue weighted by Crippen LogP contribution is -2.14. The van der Waals surface area contributed by atoms with Gasteiger partial charge in [0, 0.05) is 17.0 Å². The van der Waals surface area contributed by atoms with Crippen LogP contribution in [0.3, 0.4) is 0 Å². The van der Waals surface area contributed by atoms with Crippen LogP contribution in [0.4, 0.5) is 10.7 Å². The Morgan fingerprint density at radius 3 is 2.67 bits per heavy atom. The monoisotopic (exact) mass is 341 g/mol. The maximum Gasteiger partial charge on any atom is 0.269 e. The van der Waals surface area contributed by atoms with Gasteiger partial charge in [-0.15, -0.1) is 11.3 Å². The maximum atomic E-state index is 12.2. The lowest BCUT2D eigenvalue weighted by Gasteiger charge is -2.09. The molecule has 1 aliphatic carbocycles. The molecule has 24 heavy (non-hydrogen) atoms. The summed E-state index contributed by atoms with van der Waals surface area (Å²) in [6, 6.07) is 8.12. The second kappa shape index (κ2) is 6.81. The van der Waals surface area contributed by atoms with Crippen LogP contribution in [-0.2, 0) is 24.1 Å². The molecule has 1 aliphatic rings. The highest BCUT2D eigenvalue weighted by Gasteiger charge is 2.21. The number of nitrogens with one attached hydrogen (secondary N) is 1. The number of rotatable bonds is 4. The Kier molecular flexibility index (Phi) is 4.58. The van der Waals surface area contributed by atoms with Crippen LogP contribution in [0.5, 0.6) is 0 Å². The summed E-state index contributed by atoms with van der Waals surface area (Å²) in [4.78, 5) is 23.6. The quantitative estimate of drug-likeness (QED) is 0.679. The number of nitriles is 1. The smallest absolute Gasteiger partial charge is 0.269 e. The van der Waals surface area contributed by atoms with Crippen molar-refractivity contribution in [2.24, 2.45) is 0 Å². The fourth-order valence-electron chi connectivity index (χ4n) is 2.86. The first kappa shape index (κ1) is 16.1. The molecule has 0 atom stereocenters. The normalized spacial score (nSPS) is 13.0. The molecule has 6 nitrogen and oxygen atoms in total. The van der Waals surface area contributed by atoms with Gasteiger partial charge in [-0.2, -0.15) is 5.26 Å². The Balaban J connectivity index is 1.72. The molecule has 0 saturated heterocycles. The molecule has 0 saturated carbocycles. The van der Waals surface area contributed by atoms with Crippen molar-refractivity contribution in [2.75, 3.05) is 5.32 Å². The molecule has 1 heterocycles. The number of carbonyl (C=O) groups excluding carboxylic acids is 1. The number of thiophene rings is 1. The number of nitro benzene ring substituents is 1. The molecular formula is C17H15N3O3S. The van der Waals surface area contributed by atoms with Crippen LogP contribution >= 0.6 is 11.3 Å². The van der Waals surface area contributed by atoms with Gasteiger partial charge in [-0.1, -0.05) is 12.1 Å². The number of nitro groups is 1. The minimum Gasteiger partial charge on any atom is -0.316 e. The highest BCUT2D eigenvalue weighted by atomic mass is 32.1. The van der Waals surface area contributed by atoms with E-state index in [1.54, 1.807) is 12.1 Å². The van der Waals surface area contributed by atoms with Crippen LogP contribution in [0, 0.1) is 21.4 Å². The number of benzene rings is 1. The van der Waals surface area contributed by atoms with E-state index in [-0.39, 0.29) is 18.0 Å². The van der Waals surface area contributed by atoms with Gasteiger partial charge in [0.2, 0.25) is 5.91 Å². The number of hydrogen-bond donors (Lipinski definition) is 1. The molecule has 0 unspecified atom stereocenters. The molecule has 1 aromatic heterocycles. The molecule has 7 heteroatoms. The van der Waals surface area contributed by atoms with E-state index in [0.717, 1.165) is 31.2 Å². The molecule has 1 N–H and O–H groups in total. The average Bonchev–Trinajstić information content (AvgIpc) is 2.92. The van der Waals surface area contributed by atoms with Gasteiger partial charge in [0.05, 0.1) is 16.9 Å². The number of carbonyl (C=O) groups is 1. The van der Waals surface area contributed by atoms with E-state index in [4.69, 9.17) is 0 Å². The summed E-state index contributed by atoms with van der Waals surface area (Å²) in [5, 5.41) is 23.5. The van der Waals surface area contributed by atoms with E-state index in [1.807, 2.05) is 0 Å². The lowest BCUT2D eigenvalue weighted by molar-refractivity contribution is -0.384. The molecule has 1 aromatic carbocycles. The summed E-state index contributed by atoms with van der Waals surface area (Å²) in [6.07, 6.45) is 4.18. The van der Waals surface area contributed by atoms with E-state index in [9.17, 15) is 20.2 Å². The fourth-order valence-corrected chi connectivity index (χ4v) is 4.12. The Morgan fingerprint density at radius 2 is 2.00 bits per heavy atom. The van der Waals surface area contributed by atoms with Gasteiger partial charge < -0.3 is 5.32 Å². The lowest BCUT2D eigenvalue weighted by atomic mass is 9.96. The highest BCUT2D eigenvalue weighted by Crippen LogP contribution is 2.37. The molecule has 0 spiro atoms. The van der Waals surface area contributed by atoms with Crippen molar-refractivity contribution < 1.29 is 9.72 Å². The van der Waals surface area contributed by atoms with Crippen molar-refractivity contribution in [1.29, 1.82) is 5.26 Å². The molecule has 0 radical (unpaired) electrons. The molecule has 3 rings (SSSR count). The summed E-state index contributed by atoms with van der Waals surface area (Å²) < 4.78 is 0. The summed E-state index contributed by atoms with van der Waals surface area (Å²) >= 11 is 1.49. The van der Waals surface area contributed by atoms with Crippen LogP contribution in [0.15, 0.2) is 24.3 Å². The van der Waals surface area contributed by atoms with Crippen molar-refractivity contribution in [3.8, 4) is 6.07 Å². The summed E-state index contributed by atoms with van der Waals surface area (Å²) in [6.45, 7) is 0. The number of anilines is 1. The zero-order valence-corrected chi connectivity index (χ0v) is 13.7.